The molecule has 0 aliphatic carbocycles. The van der Waals surface area contributed by atoms with E-state index in [2.05, 4.69) is 22.0 Å². The fraction of sp³-hybridized carbons (Fsp3) is 0.333. The molecule has 0 radical (unpaired) electrons. The summed E-state index contributed by atoms with van der Waals surface area (Å²) in [7, 11) is 5.91. The second kappa shape index (κ2) is 10.2. The van der Waals surface area contributed by atoms with E-state index in [9.17, 15) is 4.79 Å². The average Bonchev–Trinajstić information content (AvgIpc) is 2.66. The van der Waals surface area contributed by atoms with Crippen LogP contribution in [-0.2, 0) is 0 Å². The molecule has 0 aliphatic rings. The summed E-state index contributed by atoms with van der Waals surface area (Å²) in [6.45, 7) is 3.04. The maximum absolute atomic E-state index is 12.7. The minimum atomic E-state index is -0.0913. The molecule has 2 aromatic carbocycles. The number of pyridine rings is 1. The molecule has 3 N–H and O–H groups in total. The number of fused-ring (bicyclic) bond motifs is 2. The first-order chi connectivity index (χ1) is 13.1. The van der Waals surface area contributed by atoms with E-state index in [0.717, 1.165) is 47.1 Å². The molecule has 3 rings (SSSR count). The molecule has 0 spiro atoms. The van der Waals surface area contributed by atoms with Crippen LogP contribution in [0.2, 0.25) is 0 Å². The molecule has 0 unspecified atom stereocenters. The summed E-state index contributed by atoms with van der Waals surface area (Å²) < 4.78 is 0. The lowest BCUT2D eigenvalue weighted by Crippen LogP contribution is -2.31. The Morgan fingerprint density at radius 3 is 2.50 bits per heavy atom. The standard InChI is InChI=1S/C21H27N5O.ClH/c1-22-11-12-23-19-15-7-4-5-10-18(15)25-20-16(19)8-6-9-17(20)21(27)24-13-14-26(2)3;/h4-10,22H,11-14H2,1-3H3,(H,23,25)(H,24,27);1H. The number of amides is 1. The smallest absolute Gasteiger partial charge is 0.253 e. The van der Waals surface area contributed by atoms with Crippen LogP contribution < -0.4 is 16.0 Å². The highest BCUT2D eigenvalue weighted by Gasteiger charge is 2.15. The van der Waals surface area contributed by atoms with Gasteiger partial charge in [-0.05, 0) is 33.3 Å². The van der Waals surface area contributed by atoms with Crippen LogP contribution in [-0.4, -0.2) is 63.1 Å². The van der Waals surface area contributed by atoms with E-state index in [1.807, 2.05) is 62.4 Å². The van der Waals surface area contributed by atoms with Crippen molar-refractivity contribution in [2.75, 3.05) is 52.6 Å². The fourth-order valence-electron chi connectivity index (χ4n) is 3.09. The number of nitrogens with one attached hydrogen (secondary N) is 3. The summed E-state index contributed by atoms with van der Waals surface area (Å²) in [4.78, 5) is 19.6. The van der Waals surface area contributed by atoms with E-state index >= 15 is 0 Å². The Bertz CT molecular complexity index is 945. The average molecular weight is 402 g/mol. The zero-order valence-electron chi connectivity index (χ0n) is 16.6. The summed E-state index contributed by atoms with van der Waals surface area (Å²) in [6.07, 6.45) is 0. The lowest BCUT2D eigenvalue weighted by atomic mass is 10.0. The predicted molar refractivity (Wildman–Crippen MR) is 120 cm³/mol. The SMILES string of the molecule is CNCCNc1c2ccccc2nc2c(C(=O)NCCN(C)C)cccc12.Cl. The molecule has 7 heteroatoms. The molecule has 3 aromatic rings. The number of carbonyl (C=O) groups is 1. The van der Waals surface area contributed by atoms with Crippen LogP contribution in [0.25, 0.3) is 21.8 Å². The molecule has 0 aliphatic heterocycles. The zero-order chi connectivity index (χ0) is 19.2. The first kappa shape index (κ1) is 21.9. The number of aromatic nitrogens is 1. The molecule has 1 aromatic heterocycles. The van der Waals surface area contributed by atoms with Crippen LogP contribution in [0.4, 0.5) is 5.69 Å². The van der Waals surface area contributed by atoms with E-state index in [1.165, 1.54) is 0 Å². The summed E-state index contributed by atoms with van der Waals surface area (Å²) in [6, 6.07) is 13.8. The van der Waals surface area contributed by atoms with Crippen LogP contribution in [0.15, 0.2) is 42.5 Å². The molecule has 28 heavy (non-hydrogen) atoms. The number of nitrogens with zero attached hydrogens (tertiary/aromatic N) is 2. The van der Waals surface area contributed by atoms with Crippen LogP contribution in [0.1, 0.15) is 10.4 Å². The van der Waals surface area contributed by atoms with E-state index in [1.54, 1.807) is 0 Å². The Hall–Kier alpha value is -2.41. The number of anilines is 1. The summed E-state index contributed by atoms with van der Waals surface area (Å²) in [5.41, 5.74) is 3.23. The van der Waals surface area contributed by atoms with E-state index in [-0.39, 0.29) is 18.3 Å². The van der Waals surface area contributed by atoms with Gasteiger partial charge in [-0.3, -0.25) is 4.79 Å². The van der Waals surface area contributed by atoms with E-state index in [4.69, 9.17) is 4.98 Å². The first-order valence-electron chi connectivity index (χ1n) is 9.24. The fourth-order valence-corrected chi connectivity index (χ4v) is 3.09. The summed E-state index contributed by atoms with van der Waals surface area (Å²) in [5.74, 6) is -0.0913. The van der Waals surface area contributed by atoms with E-state index < -0.39 is 0 Å². The number of benzene rings is 2. The van der Waals surface area contributed by atoms with Gasteiger partial charge in [0.25, 0.3) is 5.91 Å². The highest BCUT2D eigenvalue weighted by molar-refractivity contribution is 6.14. The minimum Gasteiger partial charge on any atom is -0.383 e. The molecule has 0 saturated heterocycles. The van der Waals surface area contributed by atoms with Gasteiger partial charge >= 0.3 is 0 Å². The van der Waals surface area contributed by atoms with Crippen molar-refractivity contribution in [3.05, 3.63) is 48.0 Å². The van der Waals surface area contributed by atoms with Gasteiger partial charge in [0.15, 0.2) is 0 Å². The van der Waals surface area contributed by atoms with Gasteiger partial charge in [0.1, 0.15) is 0 Å². The zero-order valence-corrected chi connectivity index (χ0v) is 17.4. The van der Waals surface area contributed by atoms with Crippen molar-refractivity contribution < 1.29 is 4.79 Å². The first-order valence-corrected chi connectivity index (χ1v) is 9.24. The van der Waals surface area contributed by atoms with Crippen LogP contribution in [0.5, 0.6) is 0 Å². The van der Waals surface area contributed by atoms with Gasteiger partial charge in [-0.25, -0.2) is 4.98 Å². The largest absolute Gasteiger partial charge is 0.383 e. The predicted octanol–water partition coefficient (Wildman–Crippen LogP) is 2.73. The van der Waals surface area contributed by atoms with Gasteiger partial charge in [0, 0.05) is 37.0 Å². The Labute approximate surface area is 172 Å². The number of likely N-dealkylation sites (N-methyl/N-ethyl adjacent to an activating group) is 2. The monoisotopic (exact) mass is 401 g/mol. The molecule has 1 amide bonds. The van der Waals surface area contributed by atoms with Crippen molar-refractivity contribution in [3.63, 3.8) is 0 Å². The van der Waals surface area contributed by atoms with Crippen LogP contribution in [0.3, 0.4) is 0 Å². The third kappa shape index (κ3) is 4.90. The number of hydrogen-bond donors (Lipinski definition) is 3. The van der Waals surface area contributed by atoms with Gasteiger partial charge in [-0.1, -0.05) is 30.3 Å². The second-order valence-electron chi connectivity index (χ2n) is 6.80. The summed E-state index contributed by atoms with van der Waals surface area (Å²) >= 11 is 0. The highest BCUT2D eigenvalue weighted by atomic mass is 35.5. The van der Waals surface area contributed by atoms with Crippen molar-refractivity contribution in [2.24, 2.45) is 0 Å². The normalized spacial score (nSPS) is 10.9. The van der Waals surface area contributed by atoms with Crippen molar-refractivity contribution in [1.29, 1.82) is 0 Å². The Kier molecular flexibility index (Phi) is 7.99. The molecule has 6 nitrogen and oxygen atoms in total. The van der Waals surface area contributed by atoms with Crippen LogP contribution in [0, 0.1) is 0 Å². The van der Waals surface area contributed by atoms with Gasteiger partial charge in [0.05, 0.1) is 22.3 Å². The molecule has 1 heterocycles. The molecule has 150 valence electrons. The van der Waals surface area contributed by atoms with Gasteiger partial charge < -0.3 is 20.9 Å². The molecule has 0 fully saturated rings. The van der Waals surface area contributed by atoms with Crippen molar-refractivity contribution in [2.45, 2.75) is 0 Å². The number of carbonyl (C=O) groups excluding carboxylic acids is 1. The third-order valence-corrected chi connectivity index (χ3v) is 4.48. The van der Waals surface area contributed by atoms with Gasteiger partial charge in [-0.15, -0.1) is 12.4 Å². The Morgan fingerprint density at radius 1 is 1.00 bits per heavy atom. The second-order valence-corrected chi connectivity index (χ2v) is 6.80. The van der Waals surface area contributed by atoms with Gasteiger partial charge in [0.2, 0.25) is 0 Å². The number of rotatable bonds is 8. The molecule has 0 bridgehead atoms. The Balaban J connectivity index is 0.00000280. The third-order valence-electron chi connectivity index (χ3n) is 4.48. The molecule has 0 saturated carbocycles. The van der Waals surface area contributed by atoms with Gasteiger partial charge in [-0.2, -0.15) is 0 Å². The topological polar surface area (TPSA) is 69.3 Å². The lowest BCUT2D eigenvalue weighted by molar-refractivity contribution is 0.0952. The summed E-state index contributed by atoms with van der Waals surface area (Å²) in [5, 5.41) is 11.7. The lowest BCUT2D eigenvalue weighted by Gasteiger charge is -2.15. The van der Waals surface area contributed by atoms with Crippen molar-refractivity contribution in [3.8, 4) is 0 Å². The molecular weight excluding hydrogens is 374 g/mol. The minimum absolute atomic E-state index is 0. The highest BCUT2D eigenvalue weighted by Crippen LogP contribution is 2.32. The molecule has 0 atom stereocenters. The Morgan fingerprint density at radius 2 is 1.75 bits per heavy atom. The van der Waals surface area contributed by atoms with Crippen molar-refractivity contribution >= 4 is 45.8 Å². The maximum Gasteiger partial charge on any atom is 0.253 e. The van der Waals surface area contributed by atoms with Crippen LogP contribution >= 0.6 is 12.4 Å². The van der Waals surface area contributed by atoms with Crippen molar-refractivity contribution in [1.82, 2.24) is 20.5 Å². The van der Waals surface area contributed by atoms with E-state index in [0.29, 0.717) is 12.1 Å². The number of halogens is 1. The quantitative estimate of drug-likeness (QED) is 0.400. The number of para-hydroxylation sites is 2. The molecular formula is C21H28ClN5O. The number of hydrogen-bond acceptors (Lipinski definition) is 5. The maximum atomic E-state index is 12.7.